The van der Waals surface area contributed by atoms with Crippen LogP contribution in [0.3, 0.4) is 0 Å². The highest BCUT2D eigenvalue weighted by atomic mass is 35.5. The maximum atomic E-state index is 11.2. The second-order valence-corrected chi connectivity index (χ2v) is 3.90. The van der Waals surface area contributed by atoms with E-state index in [2.05, 4.69) is 0 Å². The number of hydrogen-bond donors (Lipinski definition) is 1. The summed E-state index contributed by atoms with van der Waals surface area (Å²) in [5.41, 5.74) is 5.88. The van der Waals surface area contributed by atoms with E-state index in [1.807, 2.05) is 0 Å². The van der Waals surface area contributed by atoms with E-state index in [0.717, 1.165) is 6.07 Å². The lowest BCUT2D eigenvalue weighted by Crippen LogP contribution is -2.10. The Bertz CT molecular complexity index is 636. The van der Waals surface area contributed by atoms with Crippen molar-refractivity contribution in [1.82, 2.24) is 0 Å². The molecule has 92 valence electrons. The first-order chi connectivity index (χ1) is 8.49. The first-order valence-corrected chi connectivity index (χ1v) is 5.21. The second-order valence-electron chi connectivity index (χ2n) is 3.46. The smallest absolute Gasteiger partial charge is 0.395 e. The number of halogens is 1. The van der Waals surface area contributed by atoms with Gasteiger partial charge < -0.3 is 10.2 Å². The molecule has 7 heteroatoms. The standard InChI is InChI=1S/C11H7ClN2O4/c12-7-3-1-2-6(4-7)8-5-9(14(16)17)18-10(8)11(13)15/h1-5H,(H2,13,15). The van der Waals surface area contributed by atoms with Crippen molar-refractivity contribution < 1.29 is 14.1 Å². The highest BCUT2D eigenvalue weighted by Crippen LogP contribution is 2.31. The number of furan rings is 1. The monoisotopic (exact) mass is 266 g/mol. The highest BCUT2D eigenvalue weighted by Gasteiger charge is 2.23. The molecule has 0 aliphatic rings. The van der Waals surface area contributed by atoms with Crippen LogP contribution in [0.15, 0.2) is 34.7 Å². The second kappa shape index (κ2) is 4.50. The first-order valence-electron chi connectivity index (χ1n) is 4.83. The fourth-order valence-electron chi connectivity index (χ4n) is 1.52. The molecular formula is C11H7ClN2O4. The third-order valence-electron chi connectivity index (χ3n) is 2.26. The molecule has 0 saturated carbocycles. The molecule has 1 amide bonds. The van der Waals surface area contributed by atoms with Crippen molar-refractivity contribution in [2.75, 3.05) is 0 Å². The van der Waals surface area contributed by atoms with Crippen molar-refractivity contribution in [2.45, 2.75) is 0 Å². The van der Waals surface area contributed by atoms with Crippen LogP contribution in [0.4, 0.5) is 5.88 Å². The molecule has 0 unspecified atom stereocenters. The molecule has 0 fully saturated rings. The van der Waals surface area contributed by atoms with Crippen LogP contribution in [0.2, 0.25) is 5.02 Å². The number of rotatable bonds is 3. The summed E-state index contributed by atoms with van der Waals surface area (Å²) in [4.78, 5) is 21.1. The van der Waals surface area contributed by atoms with E-state index in [-0.39, 0.29) is 11.3 Å². The largest absolute Gasteiger partial charge is 0.434 e. The molecule has 0 atom stereocenters. The Morgan fingerprint density at radius 1 is 1.39 bits per heavy atom. The predicted molar refractivity (Wildman–Crippen MR) is 64.3 cm³/mol. The molecule has 0 bridgehead atoms. The summed E-state index contributed by atoms with van der Waals surface area (Å²) in [5.74, 6) is -1.68. The van der Waals surface area contributed by atoms with Gasteiger partial charge in [0.25, 0.3) is 5.91 Å². The molecule has 2 rings (SSSR count). The summed E-state index contributed by atoms with van der Waals surface area (Å²) in [6.07, 6.45) is 0. The first kappa shape index (κ1) is 12.1. The molecule has 2 aromatic rings. The quantitative estimate of drug-likeness (QED) is 0.681. The summed E-state index contributed by atoms with van der Waals surface area (Å²) >= 11 is 5.82. The summed E-state index contributed by atoms with van der Waals surface area (Å²) in [7, 11) is 0. The molecule has 0 saturated heterocycles. The maximum absolute atomic E-state index is 11.2. The van der Waals surface area contributed by atoms with E-state index >= 15 is 0 Å². The summed E-state index contributed by atoms with van der Waals surface area (Å²) < 4.78 is 4.82. The van der Waals surface area contributed by atoms with Gasteiger partial charge in [-0.3, -0.25) is 14.9 Å². The van der Waals surface area contributed by atoms with Crippen molar-refractivity contribution in [3.05, 3.63) is 51.2 Å². The molecule has 1 heterocycles. The van der Waals surface area contributed by atoms with Crippen molar-refractivity contribution >= 4 is 23.4 Å². The van der Waals surface area contributed by atoms with Crippen molar-refractivity contribution in [2.24, 2.45) is 5.73 Å². The Morgan fingerprint density at radius 3 is 2.67 bits per heavy atom. The van der Waals surface area contributed by atoms with Gasteiger partial charge >= 0.3 is 5.88 Å². The molecule has 0 spiro atoms. The number of nitrogens with zero attached hydrogens (tertiary/aromatic N) is 1. The Labute approximate surface area is 106 Å². The number of nitro groups is 1. The topological polar surface area (TPSA) is 99.4 Å². The van der Waals surface area contributed by atoms with Crippen molar-refractivity contribution in [3.8, 4) is 11.1 Å². The maximum Gasteiger partial charge on any atom is 0.434 e. The summed E-state index contributed by atoms with van der Waals surface area (Å²) in [6, 6.07) is 7.64. The lowest BCUT2D eigenvalue weighted by atomic mass is 10.1. The fraction of sp³-hybridized carbons (Fsp3) is 0. The zero-order valence-electron chi connectivity index (χ0n) is 8.92. The van der Waals surface area contributed by atoms with Gasteiger partial charge in [0.1, 0.15) is 4.92 Å². The van der Waals surface area contributed by atoms with Crippen LogP contribution in [0, 0.1) is 10.1 Å². The molecule has 2 N–H and O–H groups in total. The van der Waals surface area contributed by atoms with Gasteiger partial charge in [-0.25, -0.2) is 0 Å². The number of amides is 1. The van der Waals surface area contributed by atoms with Crippen LogP contribution in [-0.2, 0) is 0 Å². The molecule has 6 nitrogen and oxygen atoms in total. The van der Waals surface area contributed by atoms with Gasteiger partial charge in [-0.15, -0.1) is 0 Å². The Hall–Kier alpha value is -2.34. The number of benzene rings is 1. The van der Waals surface area contributed by atoms with E-state index < -0.39 is 16.7 Å². The molecule has 18 heavy (non-hydrogen) atoms. The van der Waals surface area contributed by atoms with Gasteiger partial charge in [0.2, 0.25) is 5.76 Å². The van der Waals surface area contributed by atoms with E-state index in [9.17, 15) is 14.9 Å². The highest BCUT2D eigenvalue weighted by molar-refractivity contribution is 6.30. The van der Waals surface area contributed by atoms with Gasteiger partial charge in [0, 0.05) is 10.6 Å². The third kappa shape index (κ3) is 2.18. The third-order valence-corrected chi connectivity index (χ3v) is 2.49. The van der Waals surface area contributed by atoms with Crippen LogP contribution in [0.25, 0.3) is 11.1 Å². The minimum absolute atomic E-state index is 0.247. The molecule has 1 aromatic heterocycles. The van der Waals surface area contributed by atoms with E-state index in [0.29, 0.717) is 10.6 Å². The van der Waals surface area contributed by atoms with Gasteiger partial charge in [0.15, 0.2) is 0 Å². The number of nitrogens with two attached hydrogens (primary N) is 1. The van der Waals surface area contributed by atoms with Crippen LogP contribution in [0.5, 0.6) is 0 Å². The number of carbonyl (C=O) groups is 1. The molecular weight excluding hydrogens is 260 g/mol. The van der Waals surface area contributed by atoms with Gasteiger partial charge in [0.05, 0.1) is 6.07 Å². The van der Waals surface area contributed by atoms with Crippen LogP contribution in [-0.4, -0.2) is 10.8 Å². The average Bonchev–Trinajstić information content (AvgIpc) is 2.73. The van der Waals surface area contributed by atoms with Gasteiger partial charge in [-0.1, -0.05) is 23.7 Å². The Kier molecular flexibility index (Phi) is 3.03. The zero-order chi connectivity index (χ0) is 13.3. The normalized spacial score (nSPS) is 10.3. The fourth-order valence-corrected chi connectivity index (χ4v) is 1.71. The van der Waals surface area contributed by atoms with Gasteiger partial charge in [-0.2, -0.15) is 0 Å². The number of hydrogen-bond acceptors (Lipinski definition) is 4. The van der Waals surface area contributed by atoms with Crippen LogP contribution < -0.4 is 5.73 Å². The SMILES string of the molecule is NC(=O)c1oc([N+](=O)[O-])cc1-c1cccc(Cl)c1. The van der Waals surface area contributed by atoms with Crippen molar-refractivity contribution in [1.29, 1.82) is 0 Å². The summed E-state index contributed by atoms with van der Waals surface area (Å²) in [5, 5.41) is 11.1. The predicted octanol–water partition coefficient (Wildman–Crippen LogP) is 2.61. The Morgan fingerprint density at radius 2 is 2.11 bits per heavy atom. The summed E-state index contributed by atoms with van der Waals surface area (Å²) in [6.45, 7) is 0. The minimum atomic E-state index is -0.877. The van der Waals surface area contributed by atoms with Crippen LogP contribution in [0.1, 0.15) is 10.6 Å². The lowest BCUT2D eigenvalue weighted by Gasteiger charge is -1.99. The number of primary amides is 1. The molecule has 0 aliphatic carbocycles. The molecule has 0 radical (unpaired) electrons. The molecule has 1 aromatic carbocycles. The van der Waals surface area contributed by atoms with Crippen LogP contribution >= 0.6 is 11.6 Å². The average molecular weight is 267 g/mol. The zero-order valence-corrected chi connectivity index (χ0v) is 9.68. The Balaban J connectivity index is 2.62. The van der Waals surface area contributed by atoms with Crippen molar-refractivity contribution in [3.63, 3.8) is 0 Å². The minimum Gasteiger partial charge on any atom is -0.395 e. The number of carbonyl (C=O) groups excluding carboxylic acids is 1. The van der Waals surface area contributed by atoms with E-state index in [1.165, 1.54) is 0 Å². The van der Waals surface area contributed by atoms with Gasteiger partial charge in [-0.05, 0) is 17.7 Å². The van der Waals surface area contributed by atoms with E-state index in [4.69, 9.17) is 21.8 Å². The molecule has 0 aliphatic heterocycles. The lowest BCUT2D eigenvalue weighted by molar-refractivity contribution is -0.402. The van der Waals surface area contributed by atoms with E-state index in [1.54, 1.807) is 24.3 Å².